The molecule has 0 bridgehead atoms. The van der Waals surface area contributed by atoms with Crippen LogP contribution < -0.4 is 11.3 Å². The maximum absolute atomic E-state index is 12.6. The van der Waals surface area contributed by atoms with Gasteiger partial charge in [0.05, 0.1) is 15.7 Å². The quantitative estimate of drug-likeness (QED) is 0.410. The number of nitrogen functional groups attached to an aromatic ring is 1. The lowest BCUT2D eigenvalue weighted by Gasteiger charge is -2.03. The van der Waals surface area contributed by atoms with Crippen LogP contribution in [0.3, 0.4) is 0 Å². The lowest BCUT2D eigenvalue weighted by Crippen LogP contribution is -2.07. The van der Waals surface area contributed by atoms with Crippen LogP contribution in [-0.4, -0.2) is 0 Å². The summed E-state index contributed by atoms with van der Waals surface area (Å²) in [5, 5.41) is 0.191. The van der Waals surface area contributed by atoms with Crippen molar-refractivity contribution in [2.45, 2.75) is 0 Å². The third kappa shape index (κ3) is 1.74. The van der Waals surface area contributed by atoms with E-state index in [1.54, 1.807) is 0 Å². The van der Waals surface area contributed by atoms with Gasteiger partial charge in [-0.25, -0.2) is 4.39 Å². The average Bonchev–Trinajstić information content (AvgIpc) is 1.97. The lowest BCUT2D eigenvalue weighted by molar-refractivity contribution is 0.628. The lowest BCUT2D eigenvalue weighted by atomic mass is 10.3. The van der Waals surface area contributed by atoms with Gasteiger partial charge in [0.25, 0.3) is 0 Å². The molecule has 1 aromatic carbocycles. The SMILES string of the molecule is NNc1cc(Cl)c(F)cc1Cl. The molecule has 1 rings (SSSR count). The van der Waals surface area contributed by atoms with Gasteiger partial charge in [-0.1, -0.05) is 23.2 Å². The number of hydrazine groups is 1. The maximum atomic E-state index is 12.6. The molecule has 0 amide bonds. The van der Waals surface area contributed by atoms with E-state index in [2.05, 4.69) is 5.43 Å². The fourth-order valence-electron chi connectivity index (χ4n) is 0.633. The summed E-state index contributed by atoms with van der Waals surface area (Å²) in [5.74, 6) is 4.49. The largest absolute Gasteiger partial charge is 0.323 e. The molecule has 0 aliphatic carbocycles. The zero-order valence-corrected chi connectivity index (χ0v) is 6.88. The van der Waals surface area contributed by atoms with Crippen molar-refractivity contribution in [3.05, 3.63) is 28.0 Å². The highest BCUT2D eigenvalue weighted by atomic mass is 35.5. The maximum Gasteiger partial charge on any atom is 0.143 e. The minimum atomic E-state index is -0.560. The first-order chi connectivity index (χ1) is 5.15. The molecular formula is C6H5Cl2FN2. The molecule has 0 radical (unpaired) electrons. The van der Waals surface area contributed by atoms with E-state index in [4.69, 9.17) is 29.0 Å². The Morgan fingerprint density at radius 3 is 2.45 bits per heavy atom. The molecule has 60 valence electrons. The molecule has 0 aromatic heterocycles. The monoisotopic (exact) mass is 194 g/mol. The van der Waals surface area contributed by atoms with E-state index in [0.717, 1.165) is 6.07 Å². The molecule has 0 saturated heterocycles. The molecule has 0 atom stereocenters. The molecule has 0 aliphatic heterocycles. The summed E-state index contributed by atoms with van der Waals surface area (Å²) in [6.07, 6.45) is 0. The third-order valence-electron chi connectivity index (χ3n) is 1.17. The molecule has 5 heteroatoms. The molecule has 3 N–H and O–H groups in total. The Morgan fingerprint density at radius 2 is 1.91 bits per heavy atom. The Bertz CT molecular complexity index is 278. The highest BCUT2D eigenvalue weighted by Gasteiger charge is 2.04. The van der Waals surface area contributed by atoms with Crippen molar-refractivity contribution in [2.75, 3.05) is 5.43 Å². The second kappa shape index (κ2) is 3.26. The van der Waals surface area contributed by atoms with Crippen LogP contribution in [0.4, 0.5) is 10.1 Å². The van der Waals surface area contributed by atoms with Gasteiger partial charge < -0.3 is 5.43 Å². The number of halogens is 3. The zero-order valence-electron chi connectivity index (χ0n) is 5.37. The van der Waals surface area contributed by atoms with Gasteiger partial charge in [-0.3, -0.25) is 5.84 Å². The molecule has 11 heavy (non-hydrogen) atoms. The number of benzene rings is 1. The van der Waals surface area contributed by atoms with Gasteiger partial charge in [0.2, 0.25) is 0 Å². The number of rotatable bonds is 1. The Kier molecular flexibility index (Phi) is 2.54. The van der Waals surface area contributed by atoms with Gasteiger partial charge in [0.1, 0.15) is 5.82 Å². The highest BCUT2D eigenvalue weighted by Crippen LogP contribution is 2.27. The van der Waals surface area contributed by atoms with Gasteiger partial charge in [-0.05, 0) is 12.1 Å². The smallest absolute Gasteiger partial charge is 0.143 e. The molecule has 0 fully saturated rings. The summed E-state index contributed by atoms with van der Waals surface area (Å²) in [4.78, 5) is 0. The van der Waals surface area contributed by atoms with Gasteiger partial charge >= 0.3 is 0 Å². The zero-order chi connectivity index (χ0) is 8.43. The summed E-state index contributed by atoms with van der Waals surface area (Å²) in [7, 11) is 0. The highest BCUT2D eigenvalue weighted by molar-refractivity contribution is 6.35. The summed E-state index contributed by atoms with van der Waals surface area (Å²) in [5.41, 5.74) is 2.68. The Morgan fingerprint density at radius 1 is 1.27 bits per heavy atom. The van der Waals surface area contributed by atoms with Crippen LogP contribution in [0.1, 0.15) is 0 Å². The number of nitrogens with one attached hydrogen (secondary N) is 1. The molecule has 1 aromatic rings. The van der Waals surface area contributed by atoms with Gasteiger partial charge in [-0.2, -0.15) is 0 Å². The van der Waals surface area contributed by atoms with E-state index >= 15 is 0 Å². The van der Waals surface area contributed by atoms with Crippen LogP contribution in [0, 0.1) is 5.82 Å². The Labute approximate surface area is 73.1 Å². The molecule has 0 unspecified atom stereocenters. The second-order valence-corrected chi connectivity index (χ2v) is 2.70. The van der Waals surface area contributed by atoms with Crippen LogP contribution in [-0.2, 0) is 0 Å². The minimum Gasteiger partial charge on any atom is -0.323 e. The number of hydrogen-bond acceptors (Lipinski definition) is 2. The molecule has 0 aliphatic rings. The fraction of sp³-hybridized carbons (Fsp3) is 0. The van der Waals surface area contributed by atoms with E-state index in [9.17, 15) is 4.39 Å². The van der Waals surface area contributed by atoms with E-state index in [-0.39, 0.29) is 10.0 Å². The number of anilines is 1. The molecule has 2 nitrogen and oxygen atoms in total. The van der Waals surface area contributed by atoms with E-state index < -0.39 is 5.82 Å². The number of nitrogens with two attached hydrogens (primary N) is 1. The van der Waals surface area contributed by atoms with Crippen molar-refractivity contribution in [2.24, 2.45) is 5.84 Å². The van der Waals surface area contributed by atoms with Crippen LogP contribution >= 0.6 is 23.2 Å². The van der Waals surface area contributed by atoms with Crippen molar-refractivity contribution in [1.29, 1.82) is 0 Å². The third-order valence-corrected chi connectivity index (χ3v) is 1.77. The van der Waals surface area contributed by atoms with Crippen LogP contribution in [0.5, 0.6) is 0 Å². The van der Waals surface area contributed by atoms with E-state index in [1.807, 2.05) is 0 Å². The molecule has 0 spiro atoms. The first kappa shape index (κ1) is 8.59. The topological polar surface area (TPSA) is 38.0 Å². The van der Waals surface area contributed by atoms with E-state index in [1.165, 1.54) is 6.07 Å². The normalized spacial score (nSPS) is 9.82. The van der Waals surface area contributed by atoms with Crippen molar-refractivity contribution in [3.8, 4) is 0 Å². The average molecular weight is 195 g/mol. The van der Waals surface area contributed by atoms with Crippen LogP contribution in [0.2, 0.25) is 10.0 Å². The molecule has 0 heterocycles. The van der Waals surface area contributed by atoms with Crippen LogP contribution in [0.25, 0.3) is 0 Å². The molecule has 0 saturated carbocycles. The molecular weight excluding hydrogens is 190 g/mol. The summed E-state index contributed by atoms with van der Waals surface area (Å²) < 4.78 is 12.6. The van der Waals surface area contributed by atoms with Crippen molar-refractivity contribution in [3.63, 3.8) is 0 Å². The van der Waals surface area contributed by atoms with Crippen molar-refractivity contribution in [1.82, 2.24) is 0 Å². The first-order valence-corrected chi connectivity index (χ1v) is 3.52. The second-order valence-electron chi connectivity index (χ2n) is 1.89. The van der Waals surface area contributed by atoms with Crippen LogP contribution in [0.15, 0.2) is 12.1 Å². The van der Waals surface area contributed by atoms with Gasteiger partial charge in [0, 0.05) is 0 Å². The fourth-order valence-corrected chi connectivity index (χ4v) is 1.00. The Hall–Kier alpha value is -0.510. The standard InChI is InChI=1S/C6H5Cl2FN2/c7-3-2-6(11-10)4(8)1-5(3)9/h1-2,11H,10H2. The number of hydrogen-bond donors (Lipinski definition) is 2. The van der Waals surface area contributed by atoms with Crippen molar-refractivity contribution >= 4 is 28.9 Å². The summed E-state index contributed by atoms with van der Waals surface area (Å²) >= 11 is 11.0. The van der Waals surface area contributed by atoms with Crippen molar-refractivity contribution < 1.29 is 4.39 Å². The summed E-state index contributed by atoms with van der Waals surface area (Å²) in [6.45, 7) is 0. The summed E-state index contributed by atoms with van der Waals surface area (Å²) in [6, 6.07) is 2.41. The predicted molar refractivity (Wildman–Crippen MR) is 44.2 cm³/mol. The Balaban J connectivity index is 3.21. The van der Waals surface area contributed by atoms with Gasteiger partial charge in [0.15, 0.2) is 0 Å². The predicted octanol–water partition coefficient (Wildman–Crippen LogP) is 2.42. The first-order valence-electron chi connectivity index (χ1n) is 2.76. The van der Waals surface area contributed by atoms with Gasteiger partial charge in [-0.15, -0.1) is 0 Å². The van der Waals surface area contributed by atoms with E-state index in [0.29, 0.717) is 5.69 Å². The minimum absolute atomic E-state index is 0.0117.